The Hall–Kier alpha value is -3.86. The van der Waals surface area contributed by atoms with Gasteiger partial charge in [0.05, 0.1) is 23.8 Å². The fourth-order valence-electron chi connectivity index (χ4n) is 3.20. The molecule has 34 heavy (non-hydrogen) atoms. The van der Waals surface area contributed by atoms with Crippen molar-refractivity contribution in [2.75, 3.05) is 5.32 Å². The van der Waals surface area contributed by atoms with Crippen LogP contribution in [0.25, 0.3) is 17.2 Å². The number of quaternary nitrogens is 1. The largest absolute Gasteiger partial charge is 0.364 e. The minimum Gasteiger partial charge on any atom is -0.364 e. The molecule has 0 fully saturated rings. The van der Waals surface area contributed by atoms with Crippen LogP contribution in [0.1, 0.15) is 11.4 Å². The zero-order valence-corrected chi connectivity index (χ0v) is 19.7. The van der Waals surface area contributed by atoms with Crippen LogP contribution in [0, 0.1) is 19.3 Å². The van der Waals surface area contributed by atoms with E-state index < -0.39 is 11.6 Å². The van der Waals surface area contributed by atoms with E-state index in [0.29, 0.717) is 38.6 Å². The summed E-state index contributed by atoms with van der Waals surface area (Å²) in [6.07, 6.45) is 4.73. The predicted octanol–water partition coefficient (Wildman–Crippen LogP) is 2.76. The van der Waals surface area contributed by atoms with E-state index >= 15 is 0 Å². The number of nitrogens with two attached hydrogens (primary N) is 2. The Morgan fingerprint density at radius 2 is 1.85 bits per heavy atom. The number of halogens is 2. The molecule has 0 saturated heterocycles. The molecule has 0 spiro atoms. The predicted molar refractivity (Wildman–Crippen MR) is 130 cm³/mol. The molecule has 0 aliphatic heterocycles. The maximum atomic E-state index is 11.7. The lowest BCUT2D eigenvalue weighted by Gasteiger charge is -2.10. The number of amides is 1. The molecule has 0 aliphatic carbocycles. The van der Waals surface area contributed by atoms with Crippen LogP contribution in [0.5, 0.6) is 0 Å². The molecular formula is C22H20Cl2N9O+. The molecule has 0 saturated carbocycles. The second-order valence-corrected chi connectivity index (χ2v) is 8.14. The van der Waals surface area contributed by atoms with Crippen LogP contribution in [0.3, 0.4) is 0 Å². The highest BCUT2D eigenvalue weighted by Gasteiger charge is 2.17. The van der Waals surface area contributed by atoms with Gasteiger partial charge in [-0.05, 0) is 38.1 Å². The van der Waals surface area contributed by atoms with Crippen molar-refractivity contribution >= 4 is 51.8 Å². The van der Waals surface area contributed by atoms with Gasteiger partial charge in [0.1, 0.15) is 33.3 Å². The lowest BCUT2D eigenvalue weighted by Crippen LogP contribution is -2.72. The normalized spacial score (nSPS) is 11.6. The summed E-state index contributed by atoms with van der Waals surface area (Å²) in [5, 5.41) is 21.9. The first-order valence-electron chi connectivity index (χ1n) is 10.0. The number of pyridine rings is 1. The highest BCUT2D eigenvalue weighted by atomic mass is 35.5. The van der Waals surface area contributed by atoms with Crippen molar-refractivity contribution < 1.29 is 10.1 Å². The molecule has 3 heterocycles. The first-order valence-corrected chi connectivity index (χ1v) is 10.8. The molecule has 3 aromatic heterocycles. The Bertz CT molecular complexity index is 1420. The highest BCUT2D eigenvalue weighted by molar-refractivity contribution is 6.44. The minimum atomic E-state index is -0.892. The minimum absolute atomic E-state index is 0.156. The van der Waals surface area contributed by atoms with Crippen LogP contribution in [0.2, 0.25) is 10.0 Å². The van der Waals surface area contributed by atoms with Gasteiger partial charge in [-0.3, -0.25) is 29.9 Å². The standard InChI is InChI=1S/C22H19Cl2N9O/c1-11-12(2)33-18(10-27-11)31-32-22(33)16-7-6-13(8-28-16)30-17(19(25)21(26)34)9-29-20-14(23)4-3-5-15(20)24/h3-10,25,29-30H,1-2H3,(H2,26,34)/p+1/b17-9+,25-19?. The van der Waals surface area contributed by atoms with Gasteiger partial charge in [-0.2, -0.15) is 0 Å². The summed E-state index contributed by atoms with van der Waals surface area (Å²) in [4.78, 5) is 20.5. The molecule has 172 valence electrons. The zero-order chi connectivity index (χ0) is 24.4. The molecule has 12 heteroatoms. The van der Waals surface area contributed by atoms with Gasteiger partial charge in [-0.1, -0.05) is 29.3 Å². The molecule has 1 amide bonds. The molecule has 6 N–H and O–H groups in total. The quantitative estimate of drug-likeness (QED) is 0.228. The molecule has 0 aliphatic rings. The summed E-state index contributed by atoms with van der Waals surface area (Å²) in [7, 11) is 0. The zero-order valence-electron chi connectivity index (χ0n) is 18.2. The number of hydrogen-bond acceptors (Lipinski definition) is 7. The number of nitrogens with zero attached hydrogens (tertiary/aromatic N) is 5. The van der Waals surface area contributed by atoms with E-state index in [1.807, 2.05) is 18.2 Å². The Balaban J connectivity index is 1.63. The van der Waals surface area contributed by atoms with Gasteiger partial charge in [0, 0.05) is 5.69 Å². The Morgan fingerprint density at radius 3 is 2.50 bits per heavy atom. The Morgan fingerprint density at radius 1 is 1.12 bits per heavy atom. The first-order chi connectivity index (χ1) is 16.3. The third-order valence-corrected chi connectivity index (χ3v) is 5.78. The van der Waals surface area contributed by atoms with Crippen molar-refractivity contribution in [1.82, 2.24) is 24.6 Å². The van der Waals surface area contributed by atoms with Gasteiger partial charge in [0.2, 0.25) is 0 Å². The van der Waals surface area contributed by atoms with E-state index in [1.54, 1.807) is 48.0 Å². The number of hydrogen-bond donors (Lipinski definition) is 4. The molecule has 10 nitrogen and oxygen atoms in total. The van der Waals surface area contributed by atoms with Crippen LogP contribution < -0.4 is 16.4 Å². The smallest absolute Gasteiger partial charge is 0.268 e. The van der Waals surface area contributed by atoms with E-state index in [1.165, 1.54) is 6.20 Å². The summed E-state index contributed by atoms with van der Waals surface area (Å²) in [6.45, 7) is 3.85. The van der Waals surface area contributed by atoms with Gasteiger partial charge in [0.15, 0.2) is 17.2 Å². The molecule has 0 bridgehead atoms. The maximum absolute atomic E-state index is 11.7. The Kier molecular flexibility index (Phi) is 6.55. The molecule has 0 unspecified atom stereocenters. The summed E-state index contributed by atoms with van der Waals surface area (Å²) in [5.74, 6) is -0.316. The number of anilines is 1. The lowest BCUT2D eigenvalue weighted by atomic mass is 10.2. The fraction of sp³-hybridized carbons (Fsp3) is 0.0909. The summed E-state index contributed by atoms with van der Waals surface area (Å²) >= 11 is 12.4. The van der Waals surface area contributed by atoms with Gasteiger partial charge >= 0.3 is 0 Å². The van der Waals surface area contributed by atoms with E-state index in [9.17, 15) is 4.79 Å². The number of nitrogens with one attached hydrogen (secondary N) is 2. The fourth-order valence-corrected chi connectivity index (χ4v) is 3.72. The molecule has 0 radical (unpaired) electrons. The van der Waals surface area contributed by atoms with Crippen molar-refractivity contribution in [3.05, 3.63) is 76.1 Å². The van der Waals surface area contributed by atoms with Crippen molar-refractivity contribution in [3.8, 4) is 11.5 Å². The maximum Gasteiger partial charge on any atom is 0.268 e. The number of rotatable bonds is 7. The summed E-state index contributed by atoms with van der Waals surface area (Å²) in [6, 6.07) is 8.61. The van der Waals surface area contributed by atoms with Crippen molar-refractivity contribution in [1.29, 1.82) is 5.41 Å². The van der Waals surface area contributed by atoms with Crippen LogP contribution in [-0.2, 0) is 4.79 Å². The molecule has 4 rings (SSSR count). The van der Waals surface area contributed by atoms with E-state index in [-0.39, 0.29) is 5.70 Å². The Labute approximate surface area is 204 Å². The van der Waals surface area contributed by atoms with E-state index in [4.69, 9.17) is 34.3 Å². The van der Waals surface area contributed by atoms with Gasteiger partial charge in [-0.25, -0.2) is 0 Å². The van der Waals surface area contributed by atoms with E-state index in [0.717, 1.165) is 11.4 Å². The number of carbonyl (C=O) groups excluding carboxylic acids is 1. The molecule has 0 atom stereocenters. The topological polar surface area (TPSA) is 152 Å². The average molecular weight is 497 g/mol. The van der Waals surface area contributed by atoms with Crippen LogP contribution >= 0.6 is 23.2 Å². The number of aromatic nitrogens is 5. The first kappa shape index (κ1) is 23.3. The molecule has 1 aromatic carbocycles. The number of para-hydroxylation sites is 1. The number of aryl methyl sites for hydroxylation is 2. The van der Waals surface area contributed by atoms with E-state index in [2.05, 4.69) is 25.5 Å². The second-order valence-electron chi connectivity index (χ2n) is 7.32. The summed E-state index contributed by atoms with van der Waals surface area (Å²) < 4.78 is 1.88. The van der Waals surface area contributed by atoms with Crippen LogP contribution in [0.4, 0.5) is 11.4 Å². The van der Waals surface area contributed by atoms with Crippen molar-refractivity contribution in [2.45, 2.75) is 13.8 Å². The SMILES string of the molecule is Cc1ncc2nnc(-c3ccc(N/C(=C/[NH2+]c4c(Cl)cccc4Cl)C(=N)C(N)=O)cn3)n2c1C. The van der Waals surface area contributed by atoms with Crippen molar-refractivity contribution in [2.24, 2.45) is 5.73 Å². The third kappa shape index (κ3) is 4.60. The number of carbonyl (C=O) groups is 1. The second kappa shape index (κ2) is 9.56. The monoisotopic (exact) mass is 496 g/mol. The number of benzene rings is 1. The third-order valence-electron chi connectivity index (χ3n) is 5.12. The molecular weight excluding hydrogens is 477 g/mol. The van der Waals surface area contributed by atoms with Crippen molar-refractivity contribution in [3.63, 3.8) is 0 Å². The van der Waals surface area contributed by atoms with Gasteiger partial charge < -0.3 is 11.1 Å². The average Bonchev–Trinajstić information content (AvgIpc) is 3.25. The number of fused-ring (bicyclic) bond motifs is 1. The van der Waals surface area contributed by atoms with Crippen LogP contribution in [-0.4, -0.2) is 36.2 Å². The highest BCUT2D eigenvalue weighted by Crippen LogP contribution is 2.25. The van der Waals surface area contributed by atoms with Crippen LogP contribution in [0.15, 0.2) is 54.6 Å². The summed E-state index contributed by atoms with van der Waals surface area (Å²) in [5.41, 5.74) is 9.15. The lowest BCUT2D eigenvalue weighted by molar-refractivity contribution is -0.496. The number of primary amides is 1. The van der Waals surface area contributed by atoms with Gasteiger partial charge in [0.25, 0.3) is 5.91 Å². The van der Waals surface area contributed by atoms with Gasteiger partial charge in [-0.15, -0.1) is 10.2 Å². The molecule has 4 aromatic rings.